The first-order chi connectivity index (χ1) is 13.8. The summed E-state index contributed by atoms with van der Waals surface area (Å²) in [5.41, 5.74) is -0.137. The SMILES string of the molecule is CSc1nc(NCC(O)c2ccccc2)cc(-c2ccc(C(F)(F)F)c(F)c2)n1. The van der Waals surface area contributed by atoms with E-state index in [2.05, 4.69) is 15.3 Å². The molecule has 1 heterocycles. The number of aliphatic hydroxyl groups is 1. The molecule has 1 unspecified atom stereocenters. The number of aliphatic hydroxyl groups excluding tert-OH is 1. The summed E-state index contributed by atoms with van der Waals surface area (Å²) in [4.78, 5) is 8.52. The topological polar surface area (TPSA) is 58.0 Å². The van der Waals surface area contributed by atoms with Crippen molar-refractivity contribution in [2.45, 2.75) is 17.4 Å². The van der Waals surface area contributed by atoms with Gasteiger partial charge in [-0.1, -0.05) is 48.2 Å². The van der Waals surface area contributed by atoms with Gasteiger partial charge in [-0.25, -0.2) is 14.4 Å². The number of rotatable bonds is 6. The van der Waals surface area contributed by atoms with Crippen LogP contribution in [-0.2, 0) is 6.18 Å². The van der Waals surface area contributed by atoms with Crippen molar-refractivity contribution in [3.05, 3.63) is 71.5 Å². The molecule has 1 aromatic heterocycles. The van der Waals surface area contributed by atoms with E-state index in [1.807, 2.05) is 18.2 Å². The van der Waals surface area contributed by atoms with Gasteiger partial charge in [-0.3, -0.25) is 0 Å². The highest BCUT2D eigenvalue weighted by Gasteiger charge is 2.34. The zero-order valence-electron chi connectivity index (χ0n) is 15.2. The highest BCUT2D eigenvalue weighted by atomic mass is 32.2. The molecule has 3 aromatic rings. The summed E-state index contributed by atoms with van der Waals surface area (Å²) in [6.07, 6.45) is -3.80. The third-order valence-corrected chi connectivity index (χ3v) is 4.67. The fraction of sp³-hybridized carbons (Fsp3) is 0.200. The van der Waals surface area contributed by atoms with Gasteiger partial charge in [0.15, 0.2) is 5.16 Å². The molecule has 0 spiro atoms. The van der Waals surface area contributed by atoms with Crippen molar-refractivity contribution < 1.29 is 22.7 Å². The molecule has 0 saturated carbocycles. The summed E-state index contributed by atoms with van der Waals surface area (Å²) in [6.45, 7) is 0.162. The molecule has 0 fully saturated rings. The van der Waals surface area contributed by atoms with Crippen molar-refractivity contribution in [2.75, 3.05) is 18.1 Å². The van der Waals surface area contributed by atoms with Crippen LogP contribution in [0.15, 0.2) is 59.8 Å². The van der Waals surface area contributed by atoms with Crippen LogP contribution in [0.2, 0.25) is 0 Å². The van der Waals surface area contributed by atoms with Gasteiger partial charge in [0.25, 0.3) is 0 Å². The molecule has 29 heavy (non-hydrogen) atoms. The minimum absolute atomic E-state index is 0.162. The molecule has 1 atom stereocenters. The van der Waals surface area contributed by atoms with Crippen LogP contribution in [0.4, 0.5) is 23.4 Å². The molecule has 2 N–H and O–H groups in total. The molecule has 0 aliphatic carbocycles. The van der Waals surface area contributed by atoms with E-state index in [1.165, 1.54) is 23.9 Å². The number of thioether (sulfide) groups is 1. The number of nitrogens with zero attached hydrogens (tertiary/aromatic N) is 2. The zero-order chi connectivity index (χ0) is 21.0. The minimum Gasteiger partial charge on any atom is -0.387 e. The molecule has 0 saturated heterocycles. The Morgan fingerprint density at radius 1 is 1.07 bits per heavy atom. The predicted molar refractivity (Wildman–Crippen MR) is 104 cm³/mol. The van der Waals surface area contributed by atoms with Crippen molar-refractivity contribution >= 4 is 17.6 Å². The molecular formula is C20H17F4N3OS. The quantitative estimate of drug-likeness (QED) is 0.326. The van der Waals surface area contributed by atoms with E-state index in [1.54, 1.807) is 18.4 Å². The third kappa shape index (κ3) is 5.24. The molecule has 152 valence electrons. The van der Waals surface area contributed by atoms with Crippen molar-refractivity contribution in [1.29, 1.82) is 0 Å². The second-order valence-corrected chi connectivity index (χ2v) is 6.90. The number of nitrogens with one attached hydrogen (secondary N) is 1. The standard InChI is InChI=1S/C20H17F4N3OS/c1-29-19-26-16(13-7-8-14(15(21)9-13)20(22,23)24)10-18(27-19)25-11-17(28)12-5-3-2-4-6-12/h2-10,17,28H,11H2,1H3,(H,25,26,27). The van der Waals surface area contributed by atoms with Crippen LogP contribution in [0.25, 0.3) is 11.3 Å². The first-order valence-corrected chi connectivity index (χ1v) is 9.77. The van der Waals surface area contributed by atoms with E-state index >= 15 is 0 Å². The fourth-order valence-electron chi connectivity index (χ4n) is 2.65. The fourth-order valence-corrected chi connectivity index (χ4v) is 3.03. The Hall–Kier alpha value is -2.65. The van der Waals surface area contributed by atoms with Gasteiger partial charge in [0.2, 0.25) is 0 Å². The van der Waals surface area contributed by atoms with Crippen molar-refractivity contribution in [3.8, 4) is 11.3 Å². The Morgan fingerprint density at radius 2 is 1.79 bits per heavy atom. The number of benzene rings is 2. The normalized spacial score (nSPS) is 12.6. The van der Waals surface area contributed by atoms with E-state index in [-0.39, 0.29) is 17.8 Å². The van der Waals surface area contributed by atoms with Gasteiger partial charge in [-0.05, 0) is 24.0 Å². The Balaban J connectivity index is 1.85. The van der Waals surface area contributed by atoms with Crippen LogP contribution in [0.1, 0.15) is 17.2 Å². The highest BCUT2D eigenvalue weighted by Crippen LogP contribution is 2.33. The largest absolute Gasteiger partial charge is 0.419 e. The van der Waals surface area contributed by atoms with Crippen LogP contribution in [-0.4, -0.2) is 27.9 Å². The summed E-state index contributed by atoms with van der Waals surface area (Å²) in [7, 11) is 0. The maximum absolute atomic E-state index is 13.9. The number of aromatic nitrogens is 2. The molecule has 0 aliphatic heterocycles. The average Bonchev–Trinajstić information content (AvgIpc) is 2.71. The van der Waals surface area contributed by atoms with E-state index in [0.717, 1.165) is 11.6 Å². The van der Waals surface area contributed by atoms with Gasteiger partial charge in [0.05, 0.1) is 17.4 Å². The lowest BCUT2D eigenvalue weighted by atomic mass is 10.1. The highest BCUT2D eigenvalue weighted by molar-refractivity contribution is 7.98. The summed E-state index contributed by atoms with van der Waals surface area (Å²) in [5, 5.41) is 13.6. The van der Waals surface area contributed by atoms with Gasteiger partial charge >= 0.3 is 6.18 Å². The summed E-state index contributed by atoms with van der Waals surface area (Å²) < 4.78 is 52.3. The van der Waals surface area contributed by atoms with Crippen LogP contribution in [0.5, 0.6) is 0 Å². The molecule has 0 radical (unpaired) electrons. The van der Waals surface area contributed by atoms with Crippen molar-refractivity contribution in [1.82, 2.24) is 9.97 Å². The maximum atomic E-state index is 13.9. The van der Waals surface area contributed by atoms with Gasteiger partial charge in [-0.15, -0.1) is 0 Å². The lowest BCUT2D eigenvalue weighted by Gasteiger charge is -2.14. The van der Waals surface area contributed by atoms with Gasteiger partial charge in [-0.2, -0.15) is 13.2 Å². The second-order valence-electron chi connectivity index (χ2n) is 6.12. The maximum Gasteiger partial charge on any atom is 0.419 e. The number of halogens is 4. The number of anilines is 1. The van der Waals surface area contributed by atoms with Crippen LogP contribution < -0.4 is 5.32 Å². The van der Waals surface area contributed by atoms with Gasteiger partial charge < -0.3 is 10.4 Å². The first kappa shape index (κ1) is 21.1. The van der Waals surface area contributed by atoms with E-state index in [0.29, 0.717) is 17.0 Å². The molecular weight excluding hydrogens is 406 g/mol. The van der Waals surface area contributed by atoms with Crippen LogP contribution in [0.3, 0.4) is 0 Å². The first-order valence-electron chi connectivity index (χ1n) is 8.55. The van der Waals surface area contributed by atoms with Gasteiger partial charge in [0, 0.05) is 18.2 Å². The lowest BCUT2D eigenvalue weighted by Crippen LogP contribution is -2.13. The van der Waals surface area contributed by atoms with Gasteiger partial charge in [0.1, 0.15) is 11.6 Å². The molecule has 0 amide bonds. The van der Waals surface area contributed by atoms with Crippen LogP contribution >= 0.6 is 11.8 Å². The zero-order valence-corrected chi connectivity index (χ0v) is 16.1. The minimum atomic E-state index is -4.76. The molecule has 9 heteroatoms. The van der Waals surface area contributed by atoms with Crippen molar-refractivity contribution in [3.63, 3.8) is 0 Å². The molecule has 0 bridgehead atoms. The average molecular weight is 423 g/mol. The monoisotopic (exact) mass is 423 g/mol. The van der Waals surface area contributed by atoms with E-state index < -0.39 is 23.7 Å². The molecule has 0 aliphatic rings. The Morgan fingerprint density at radius 3 is 2.41 bits per heavy atom. The summed E-state index contributed by atoms with van der Waals surface area (Å²) >= 11 is 1.24. The van der Waals surface area contributed by atoms with E-state index in [9.17, 15) is 22.7 Å². The molecule has 4 nitrogen and oxygen atoms in total. The summed E-state index contributed by atoms with van der Waals surface area (Å²) in [5.74, 6) is -0.997. The van der Waals surface area contributed by atoms with E-state index in [4.69, 9.17) is 0 Å². The number of hydrogen-bond donors (Lipinski definition) is 2. The Kier molecular flexibility index (Phi) is 6.39. The Labute approximate surface area is 169 Å². The smallest absolute Gasteiger partial charge is 0.387 e. The lowest BCUT2D eigenvalue weighted by molar-refractivity contribution is -0.139. The molecule has 2 aromatic carbocycles. The second kappa shape index (κ2) is 8.79. The number of hydrogen-bond acceptors (Lipinski definition) is 5. The molecule has 3 rings (SSSR count). The van der Waals surface area contributed by atoms with Crippen LogP contribution in [0, 0.1) is 5.82 Å². The third-order valence-electron chi connectivity index (χ3n) is 4.12. The Bertz CT molecular complexity index is 983. The number of alkyl halides is 3. The van der Waals surface area contributed by atoms with Crippen molar-refractivity contribution in [2.24, 2.45) is 0 Å². The summed E-state index contributed by atoms with van der Waals surface area (Å²) in [6, 6.07) is 13.2. The predicted octanol–water partition coefficient (Wildman–Crippen LogP) is 5.17.